The summed E-state index contributed by atoms with van der Waals surface area (Å²) < 4.78 is 22.5. The number of thiophene rings is 2. The van der Waals surface area contributed by atoms with Gasteiger partial charge in [0, 0.05) is 79.0 Å². The molecule has 484 valence electrons. The lowest BCUT2D eigenvalue weighted by Gasteiger charge is -2.41. The number of methoxy groups -OCH3 is 2. The van der Waals surface area contributed by atoms with E-state index in [9.17, 15) is 28.8 Å². The second kappa shape index (κ2) is 31.7. The first-order valence-corrected chi connectivity index (χ1v) is 31.4. The van der Waals surface area contributed by atoms with Crippen LogP contribution in [0.2, 0.25) is 20.1 Å². The molecule has 2 aromatic carbocycles. The summed E-state index contributed by atoms with van der Waals surface area (Å²) >= 11 is 27.8. The van der Waals surface area contributed by atoms with Gasteiger partial charge in [0.25, 0.3) is 0 Å². The average molecular weight is 1390 g/mol. The minimum atomic E-state index is -0.960. The number of nitrogens with one attached hydrogen (secondary N) is 3. The Morgan fingerprint density at radius 1 is 0.607 bits per heavy atom. The number of anilines is 4. The van der Waals surface area contributed by atoms with E-state index in [-0.39, 0.29) is 49.8 Å². The van der Waals surface area contributed by atoms with Crippen molar-refractivity contribution in [3.63, 3.8) is 0 Å². The fourth-order valence-corrected chi connectivity index (χ4v) is 12.6. The van der Waals surface area contributed by atoms with E-state index in [0.29, 0.717) is 109 Å². The molecule has 0 saturated carbocycles. The first-order valence-electron chi connectivity index (χ1n) is 28.1. The average Bonchev–Trinajstić information content (AvgIpc) is 2.59. The quantitative estimate of drug-likeness (QED) is 0.0655. The number of carbonyl (C=O) groups excluding carboxylic acids is 5. The molecule has 8 heterocycles. The van der Waals surface area contributed by atoms with E-state index < -0.39 is 59.5 Å². The zero-order valence-corrected chi connectivity index (χ0v) is 56.5. The van der Waals surface area contributed by atoms with Crippen LogP contribution in [0.4, 0.5) is 33.1 Å². The van der Waals surface area contributed by atoms with Gasteiger partial charge in [-0.05, 0) is 126 Å². The number of rotatable bonds is 12. The number of fused-ring (bicyclic) bond motifs is 2. The van der Waals surface area contributed by atoms with Crippen molar-refractivity contribution in [3.8, 4) is 0 Å². The van der Waals surface area contributed by atoms with E-state index in [1.165, 1.54) is 40.3 Å². The molecule has 10 rings (SSSR count). The monoisotopic (exact) mass is 1390 g/mol. The summed E-state index contributed by atoms with van der Waals surface area (Å²) in [5.41, 5.74) is 2.13. The molecule has 4 fully saturated rings. The maximum absolute atomic E-state index is 13.8. The number of halogens is 6. The van der Waals surface area contributed by atoms with Gasteiger partial charge in [-0.1, -0.05) is 58.5 Å². The van der Waals surface area contributed by atoms with E-state index in [0.717, 1.165) is 43.8 Å². The number of hydrogen-bond acceptors (Lipinski definition) is 21. The van der Waals surface area contributed by atoms with E-state index in [4.69, 9.17) is 85.4 Å². The van der Waals surface area contributed by atoms with Crippen molar-refractivity contribution in [1.29, 1.82) is 0 Å². The Balaban J connectivity index is 0.000000236. The number of carboxylic acid groups (broad SMARTS) is 1. The second-order valence-electron chi connectivity index (χ2n) is 22.7. The summed E-state index contributed by atoms with van der Waals surface area (Å²) in [4.78, 5) is 101. The lowest BCUT2D eigenvalue weighted by atomic mass is 10.1. The largest absolute Gasteiger partial charge is 0.480 e. The van der Waals surface area contributed by atoms with Crippen LogP contribution in [0.15, 0.2) is 59.3 Å². The highest BCUT2D eigenvalue weighted by Crippen LogP contribution is 2.34. The van der Waals surface area contributed by atoms with Crippen molar-refractivity contribution < 1.29 is 52.8 Å². The molecule has 31 heteroatoms. The number of esters is 2. The predicted octanol–water partition coefficient (Wildman–Crippen LogP) is 11.1. The van der Waals surface area contributed by atoms with Gasteiger partial charge in [0.15, 0.2) is 0 Å². The van der Waals surface area contributed by atoms with Crippen molar-refractivity contribution >= 4 is 174 Å². The summed E-state index contributed by atoms with van der Waals surface area (Å²) in [6.07, 6.45) is 1.33. The normalized spacial score (nSPS) is 18.3. The molecule has 4 saturated heterocycles. The van der Waals surface area contributed by atoms with Crippen LogP contribution in [-0.2, 0) is 51.2 Å². The lowest BCUT2D eigenvalue weighted by Crippen LogP contribution is -2.62. The molecule has 0 radical (unpaired) electrons. The van der Waals surface area contributed by atoms with Crippen LogP contribution in [0.5, 0.6) is 0 Å². The van der Waals surface area contributed by atoms with Crippen LogP contribution in [0.3, 0.4) is 0 Å². The van der Waals surface area contributed by atoms with Gasteiger partial charge >= 0.3 is 30.1 Å². The summed E-state index contributed by atoms with van der Waals surface area (Å²) in [6.45, 7) is 15.0. The zero-order valence-electron chi connectivity index (χ0n) is 50.2. The number of carbonyl (C=O) groups is 6. The maximum atomic E-state index is 13.8. The number of piperazine rings is 2. The maximum Gasteiger partial charge on any atom is 0.411 e. The van der Waals surface area contributed by atoms with E-state index in [1.807, 2.05) is 50.9 Å². The first kappa shape index (κ1) is 71.9. The standard InChI is InChI=1S/C29H34Cl2N6O5S.C19H19Cl2N5O2S.C10H17NO4.2ClH/c1-29(2,3)42-28(40)37-10-5-6-21(37)25(38)36-12-11-35(16-22(36)26(39)41-4)27-33-20-9-13-43-23(20)24(34-27)32-15-17-7-8-18(30)14-19(17)31;1-28-18(27)15-10-26(6-5-22-15)19-24-14-4-7-29-16(14)17(25-19)23-9-11-2-3-12(20)8-13(11)21;1-10(2,3)15-9(14)11-6-4-5-7(11)8(12)13;;/h7-9,13-14,21-22H,5-6,10-12,15-16H2,1-4H3,(H,32,33,34);2-4,7-8,15,22H,5-6,9-10H2,1H3,(H,23,24,25);7H,4-6H2,1-3H3,(H,12,13);2*1H/t21-,22?;;7-;;/m1.1../s1. The molecule has 2 unspecified atom stereocenters. The molecule has 23 nitrogen and oxygen atoms in total. The van der Waals surface area contributed by atoms with Crippen LogP contribution in [-0.4, -0.2) is 178 Å². The number of ether oxygens (including phenoxy) is 4. The van der Waals surface area contributed by atoms with E-state index >= 15 is 0 Å². The van der Waals surface area contributed by atoms with Crippen molar-refractivity contribution in [2.45, 2.75) is 116 Å². The third-order valence-corrected chi connectivity index (χ3v) is 17.2. The predicted molar refractivity (Wildman–Crippen MR) is 352 cm³/mol. The van der Waals surface area contributed by atoms with E-state index in [1.54, 1.807) is 71.1 Å². The molecule has 0 spiro atoms. The number of benzene rings is 2. The Bertz CT molecular complexity index is 3480. The van der Waals surface area contributed by atoms with Crippen LogP contribution in [0.1, 0.15) is 78.4 Å². The van der Waals surface area contributed by atoms with Crippen LogP contribution in [0, 0.1) is 0 Å². The summed E-state index contributed by atoms with van der Waals surface area (Å²) in [6, 6.07) is 11.9. The molecule has 4 atom stereocenters. The van der Waals surface area contributed by atoms with Gasteiger partial charge in [-0.2, -0.15) is 9.97 Å². The number of hydrogen-bond donors (Lipinski definition) is 4. The Morgan fingerprint density at radius 3 is 1.54 bits per heavy atom. The van der Waals surface area contributed by atoms with Crippen LogP contribution >= 0.6 is 93.9 Å². The zero-order chi connectivity index (χ0) is 62.9. The molecule has 4 aromatic heterocycles. The summed E-state index contributed by atoms with van der Waals surface area (Å²) in [7, 11) is 2.69. The van der Waals surface area contributed by atoms with Crippen molar-refractivity contribution in [3.05, 3.63) is 90.5 Å². The molecule has 4 aliphatic rings. The SMILES string of the molecule is CC(C)(C)OC(=O)N1CCC[C@@H]1C(=O)O.COC(=O)C1CN(c2nc(NCc3ccc(Cl)cc3Cl)c3sccc3n2)CCN1.COC(=O)C1CN(c2nc(NCc3ccc(Cl)cc3Cl)c3sccc3n2)CCN1C(=O)[C@H]1CCCN1C(=O)OC(C)(C)C.Cl.Cl. The fourth-order valence-electron chi connectivity index (χ4n) is 10.0. The van der Waals surface area contributed by atoms with Crippen molar-refractivity contribution in [1.82, 2.24) is 40.0 Å². The molecular weight excluding hydrogens is 1320 g/mol. The number of aromatic nitrogens is 4. The molecule has 4 N–H and O–H groups in total. The molecule has 3 amide bonds. The minimum Gasteiger partial charge on any atom is -0.480 e. The van der Waals surface area contributed by atoms with Crippen molar-refractivity contribution in [2.75, 3.05) is 87.0 Å². The smallest absolute Gasteiger partial charge is 0.411 e. The molecule has 4 aliphatic heterocycles. The Labute approximate surface area is 556 Å². The number of nitrogens with zero attached hydrogens (tertiary/aromatic N) is 9. The Kier molecular flexibility index (Phi) is 25.6. The number of likely N-dealkylation sites (tertiary alicyclic amines) is 2. The van der Waals surface area contributed by atoms with E-state index in [2.05, 4.69) is 20.9 Å². The Hall–Kier alpha value is -6.16. The topological polar surface area (TPSA) is 263 Å². The summed E-state index contributed by atoms with van der Waals surface area (Å²) in [5.74, 6) is 0.276. The van der Waals surface area contributed by atoms with Gasteiger partial charge in [-0.25, -0.2) is 29.1 Å². The first-order chi connectivity index (χ1) is 41.3. The van der Waals surface area contributed by atoms with Gasteiger partial charge in [0.05, 0.1) is 41.2 Å². The van der Waals surface area contributed by atoms with Crippen LogP contribution < -0.4 is 25.8 Å². The molecular formula is C58H72Cl6N12O11S2. The van der Waals surface area contributed by atoms with Gasteiger partial charge in [-0.15, -0.1) is 47.5 Å². The highest BCUT2D eigenvalue weighted by atomic mass is 35.5. The van der Waals surface area contributed by atoms with Crippen molar-refractivity contribution in [2.24, 2.45) is 0 Å². The molecule has 6 aromatic rings. The molecule has 0 aliphatic carbocycles. The van der Waals surface area contributed by atoms with Gasteiger partial charge in [0.2, 0.25) is 17.8 Å². The number of amides is 3. The van der Waals surface area contributed by atoms with Gasteiger partial charge in [-0.3, -0.25) is 19.4 Å². The van der Waals surface area contributed by atoms with Gasteiger partial charge in [0.1, 0.15) is 47.0 Å². The number of carboxylic acids is 1. The second-order valence-corrected chi connectivity index (χ2v) is 26.2. The molecule has 89 heavy (non-hydrogen) atoms. The lowest BCUT2D eigenvalue weighted by molar-refractivity contribution is -0.155. The molecule has 0 bridgehead atoms. The van der Waals surface area contributed by atoms with Crippen LogP contribution in [0.25, 0.3) is 20.4 Å². The summed E-state index contributed by atoms with van der Waals surface area (Å²) in [5, 5.41) is 25.0. The Morgan fingerprint density at radius 2 is 1.08 bits per heavy atom. The third-order valence-electron chi connectivity index (χ3n) is 14.2. The van der Waals surface area contributed by atoms with Gasteiger partial charge < -0.3 is 54.7 Å². The minimum absolute atomic E-state index is 0. The highest BCUT2D eigenvalue weighted by Gasteiger charge is 2.45. The highest BCUT2D eigenvalue weighted by molar-refractivity contribution is 7.18. The number of aliphatic carboxylic acids is 1. The fraction of sp³-hybridized carbons (Fsp3) is 0.483. The third kappa shape index (κ3) is 18.7.